The zero-order valence-corrected chi connectivity index (χ0v) is 18.8. The van der Waals surface area contributed by atoms with Crippen molar-refractivity contribution in [2.24, 2.45) is 0 Å². The Hall–Kier alpha value is -3.63. The Morgan fingerprint density at radius 2 is 1.50 bits per heavy atom. The molecular formula is C28H27N3O3. The standard InChI is InChI=1S/C28H27N3O3/c29-16-24-15-23-13-7-8-14-27(23)31(24)34-20-25(32)19-33-26-17-30(18-26)28(21-9-3-1-4-10-21)22-11-5-2-6-12-22/h1-15,25-26,28,32H,17-20H2. The van der Waals surface area contributed by atoms with Gasteiger partial charge in [-0.05, 0) is 23.3 Å². The maximum absolute atomic E-state index is 10.4. The number of nitriles is 1. The Balaban J connectivity index is 1.15. The minimum atomic E-state index is -0.791. The molecule has 0 bridgehead atoms. The summed E-state index contributed by atoms with van der Waals surface area (Å²) in [5, 5.41) is 20.7. The molecule has 34 heavy (non-hydrogen) atoms. The van der Waals surface area contributed by atoms with Crippen molar-refractivity contribution < 1.29 is 14.7 Å². The van der Waals surface area contributed by atoms with Crippen LogP contribution in [0, 0.1) is 11.3 Å². The van der Waals surface area contributed by atoms with E-state index in [2.05, 4.69) is 59.5 Å². The second-order valence-electron chi connectivity index (χ2n) is 8.58. The van der Waals surface area contributed by atoms with Crippen LogP contribution in [0.25, 0.3) is 10.9 Å². The smallest absolute Gasteiger partial charge is 0.158 e. The minimum Gasteiger partial charge on any atom is -0.410 e. The summed E-state index contributed by atoms with van der Waals surface area (Å²) in [6.45, 7) is 1.81. The van der Waals surface area contributed by atoms with Crippen molar-refractivity contribution >= 4 is 10.9 Å². The molecule has 0 amide bonds. The molecule has 1 saturated heterocycles. The van der Waals surface area contributed by atoms with Crippen molar-refractivity contribution in [3.8, 4) is 6.07 Å². The first-order chi connectivity index (χ1) is 16.7. The molecule has 1 aliphatic heterocycles. The molecule has 4 aromatic rings. The predicted molar refractivity (Wildman–Crippen MR) is 130 cm³/mol. The van der Waals surface area contributed by atoms with E-state index in [1.165, 1.54) is 15.9 Å². The van der Waals surface area contributed by atoms with Gasteiger partial charge >= 0.3 is 0 Å². The van der Waals surface area contributed by atoms with Crippen LogP contribution in [-0.2, 0) is 4.74 Å². The van der Waals surface area contributed by atoms with Crippen LogP contribution in [-0.4, -0.2) is 53.2 Å². The van der Waals surface area contributed by atoms with Gasteiger partial charge in [0.25, 0.3) is 0 Å². The number of aliphatic hydroxyl groups is 1. The van der Waals surface area contributed by atoms with Crippen molar-refractivity contribution in [2.45, 2.75) is 18.2 Å². The molecule has 1 unspecified atom stereocenters. The lowest BCUT2D eigenvalue weighted by molar-refractivity contribution is -0.101. The molecule has 1 atom stereocenters. The van der Waals surface area contributed by atoms with Crippen molar-refractivity contribution in [1.29, 1.82) is 5.26 Å². The van der Waals surface area contributed by atoms with Crippen LogP contribution in [0.1, 0.15) is 22.9 Å². The van der Waals surface area contributed by atoms with Crippen LogP contribution in [0.5, 0.6) is 0 Å². The first kappa shape index (κ1) is 22.2. The summed E-state index contributed by atoms with van der Waals surface area (Å²) >= 11 is 0. The summed E-state index contributed by atoms with van der Waals surface area (Å²) in [6, 6.07) is 32.7. The van der Waals surface area contributed by atoms with Gasteiger partial charge in [-0.1, -0.05) is 78.9 Å². The summed E-state index contributed by atoms with van der Waals surface area (Å²) in [5.41, 5.74) is 3.71. The molecule has 0 radical (unpaired) electrons. The largest absolute Gasteiger partial charge is 0.410 e. The Kier molecular flexibility index (Phi) is 6.59. The van der Waals surface area contributed by atoms with Gasteiger partial charge in [0.1, 0.15) is 18.8 Å². The third-order valence-corrected chi connectivity index (χ3v) is 6.17. The predicted octanol–water partition coefficient (Wildman–Crippen LogP) is 3.79. The number of likely N-dealkylation sites (tertiary alicyclic amines) is 1. The molecule has 3 aromatic carbocycles. The molecule has 6 heteroatoms. The van der Waals surface area contributed by atoms with Gasteiger partial charge < -0.3 is 14.7 Å². The summed E-state index contributed by atoms with van der Waals surface area (Å²) in [5.74, 6) is 0. The molecular weight excluding hydrogens is 426 g/mol. The van der Waals surface area contributed by atoms with Crippen LogP contribution in [0.4, 0.5) is 0 Å². The van der Waals surface area contributed by atoms with Gasteiger partial charge in [0.15, 0.2) is 5.69 Å². The fraction of sp³-hybridized carbons (Fsp3) is 0.250. The second kappa shape index (κ2) is 10.1. The molecule has 172 valence electrons. The molecule has 1 fully saturated rings. The van der Waals surface area contributed by atoms with Gasteiger partial charge in [-0.3, -0.25) is 4.90 Å². The van der Waals surface area contributed by atoms with E-state index in [0.717, 1.165) is 24.0 Å². The Bertz CT molecular complexity index is 1220. The van der Waals surface area contributed by atoms with Crippen molar-refractivity contribution in [3.05, 3.63) is 108 Å². The number of ether oxygens (including phenoxy) is 1. The fourth-order valence-electron chi connectivity index (χ4n) is 4.47. The van der Waals surface area contributed by atoms with Crippen molar-refractivity contribution in [3.63, 3.8) is 0 Å². The number of hydrogen-bond donors (Lipinski definition) is 1. The Morgan fingerprint density at radius 3 is 2.15 bits per heavy atom. The fourth-order valence-corrected chi connectivity index (χ4v) is 4.47. The molecule has 1 N–H and O–H groups in total. The molecule has 0 saturated carbocycles. The van der Waals surface area contributed by atoms with Gasteiger partial charge in [0.05, 0.1) is 24.3 Å². The lowest BCUT2D eigenvalue weighted by Gasteiger charge is -2.44. The summed E-state index contributed by atoms with van der Waals surface area (Å²) in [6.07, 6.45) is -0.729. The van der Waals surface area contributed by atoms with Crippen molar-refractivity contribution in [1.82, 2.24) is 9.63 Å². The highest BCUT2D eigenvalue weighted by Gasteiger charge is 2.34. The highest BCUT2D eigenvalue weighted by atomic mass is 16.7. The molecule has 2 heterocycles. The average molecular weight is 454 g/mol. The number of rotatable bonds is 9. The van der Waals surface area contributed by atoms with Crippen LogP contribution in [0.2, 0.25) is 0 Å². The number of aromatic nitrogens is 1. The van der Waals surface area contributed by atoms with Crippen molar-refractivity contribution in [2.75, 3.05) is 26.3 Å². The lowest BCUT2D eigenvalue weighted by Crippen LogP contribution is -2.54. The number of para-hydroxylation sites is 1. The first-order valence-corrected chi connectivity index (χ1v) is 11.5. The van der Waals surface area contributed by atoms with Gasteiger partial charge in [0, 0.05) is 18.5 Å². The van der Waals surface area contributed by atoms with E-state index >= 15 is 0 Å². The lowest BCUT2D eigenvalue weighted by atomic mass is 9.94. The maximum Gasteiger partial charge on any atom is 0.158 e. The highest BCUT2D eigenvalue weighted by molar-refractivity contribution is 5.81. The maximum atomic E-state index is 10.4. The van der Waals surface area contributed by atoms with Gasteiger partial charge in [0.2, 0.25) is 0 Å². The Morgan fingerprint density at radius 1 is 0.882 bits per heavy atom. The SMILES string of the molecule is N#Cc1cc2ccccc2n1OCC(O)COC1CN(C(c2ccccc2)c2ccccc2)C1. The molecule has 1 aromatic heterocycles. The van der Waals surface area contributed by atoms with E-state index in [9.17, 15) is 10.4 Å². The molecule has 0 spiro atoms. The average Bonchev–Trinajstić information content (AvgIpc) is 3.22. The normalized spacial score (nSPS) is 15.2. The van der Waals surface area contributed by atoms with Gasteiger partial charge in [-0.15, -0.1) is 0 Å². The van der Waals surface area contributed by atoms with E-state index < -0.39 is 6.10 Å². The summed E-state index contributed by atoms with van der Waals surface area (Å²) in [4.78, 5) is 8.15. The van der Waals surface area contributed by atoms with Crippen LogP contribution in [0.3, 0.4) is 0 Å². The highest BCUT2D eigenvalue weighted by Crippen LogP contribution is 2.33. The quantitative estimate of drug-likeness (QED) is 0.418. The van der Waals surface area contributed by atoms with Gasteiger partial charge in [-0.25, -0.2) is 0 Å². The third kappa shape index (κ3) is 4.68. The molecule has 6 nitrogen and oxygen atoms in total. The summed E-state index contributed by atoms with van der Waals surface area (Å²) < 4.78 is 7.44. The zero-order chi connectivity index (χ0) is 23.3. The number of benzene rings is 3. The minimum absolute atomic E-state index is 0.0421. The zero-order valence-electron chi connectivity index (χ0n) is 18.8. The van der Waals surface area contributed by atoms with Gasteiger partial charge in [-0.2, -0.15) is 9.99 Å². The monoisotopic (exact) mass is 453 g/mol. The topological polar surface area (TPSA) is 70.7 Å². The molecule has 1 aliphatic rings. The second-order valence-corrected chi connectivity index (χ2v) is 8.58. The number of fused-ring (bicyclic) bond motifs is 1. The van der Waals surface area contributed by atoms with E-state index in [1.54, 1.807) is 6.07 Å². The van der Waals surface area contributed by atoms with E-state index in [1.807, 2.05) is 36.4 Å². The molecule has 0 aliphatic carbocycles. The number of hydrogen-bond acceptors (Lipinski definition) is 5. The van der Waals surface area contributed by atoms with E-state index in [0.29, 0.717) is 5.69 Å². The summed E-state index contributed by atoms with van der Waals surface area (Å²) in [7, 11) is 0. The van der Waals surface area contributed by atoms with Crippen LogP contribution < -0.4 is 4.84 Å². The van der Waals surface area contributed by atoms with Crippen LogP contribution in [0.15, 0.2) is 91.0 Å². The Labute approximate surface area is 199 Å². The van der Waals surface area contributed by atoms with Crippen LogP contribution >= 0.6 is 0 Å². The molecule has 5 rings (SSSR count). The van der Waals surface area contributed by atoms with E-state index in [-0.39, 0.29) is 25.4 Å². The number of aliphatic hydroxyl groups excluding tert-OH is 1. The first-order valence-electron chi connectivity index (χ1n) is 11.5. The third-order valence-electron chi connectivity index (χ3n) is 6.17. The van der Waals surface area contributed by atoms with E-state index in [4.69, 9.17) is 9.57 Å². The number of nitrogens with zero attached hydrogens (tertiary/aromatic N) is 3.